The lowest BCUT2D eigenvalue weighted by molar-refractivity contribution is 0.0676. The van der Waals surface area contributed by atoms with E-state index < -0.39 is 0 Å². The normalized spacial score (nSPS) is 23.1. The maximum absolute atomic E-state index is 12.9. The standard InChI is InChI=1S/C19H23N3O2S.2ClH/c1-22(15-9-13-5-6-14(10-15)20-13)19(23)17-11-25-18(21-17)12-3-7-16(24-2)8-4-12;;/h3-4,7-8,11,13-15,20H,5-6,9-10H2,1-2H3;2*1H. The second kappa shape index (κ2) is 9.24. The Morgan fingerprint density at radius 3 is 2.41 bits per heavy atom. The van der Waals surface area contributed by atoms with Gasteiger partial charge in [-0.2, -0.15) is 0 Å². The third-order valence-electron chi connectivity index (χ3n) is 5.38. The van der Waals surface area contributed by atoms with Crippen molar-refractivity contribution in [3.05, 3.63) is 35.3 Å². The van der Waals surface area contributed by atoms with Crippen LogP contribution in [0.25, 0.3) is 10.6 Å². The highest BCUT2D eigenvalue weighted by atomic mass is 35.5. The van der Waals surface area contributed by atoms with Crippen LogP contribution in [0, 0.1) is 0 Å². The molecule has 1 amide bonds. The van der Waals surface area contributed by atoms with E-state index in [0.717, 1.165) is 29.2 Å². The van der Waals surface area contributed by atoms with Gasteiger partial charge in [0.2, 0.25) is 0 Å². The molecule has 0 saturated carbocycles. The Bertz CT molecular complexity index is 757. The van der Waals surface area contributed by atoms with E-state index in [1.54, 1.807) is 7.11 Å². The minimum Gasteiger partial charge on any atom is -0.497 e. The number of piperidine rings is 1. The molecule has 2 atom stereocenters. The summed E-state index contributed by atoms with van der Waals surface area (Å²) in [5.41, 5.74) is 1.55. The molecule has 3 heterocycles. The number of hydrogen-bond donors (Lipinski definition) is 1. The molecule has 0 aliphatic carbocycles. The molecule has 1 aromatic carbocycles. The first kappa shape index (κ1) is 22.0. The number of benzene rings is 1. The zero-order valence-electron chi connectivity index (χ0n) is 15.4. The summed E-state index contributed by atoms with van der Waals surface area (Å²) in [5, 5.41) is 6.36. The number of ether oxygens (including phenoxy) is 1. The maximum Gasteiger partial charge on any atom is 0.273 e. The molecule has 2 bridgehead atoms. The van der Waals surface area contributed by atoms with Gasteiger partial charge in [-0.05, 0) is 49.9 Å². The Morgan fingerprint density at radius 2 is 1.81 bits per heavy atom. The second-order valence-electron chi connectivity index (χ2n) is 6.95. The molecule has 2 saturated heterocycles. The fraction of sp³-hybridized carbons (Fsp3) is 0.474. The van der Waals surface area contributed by atoms with Crippen molar-refractivity contribution >= 4 is 42.1 Å². The van der Waals surface area contributed by atoms with Crippen LogP contribution < -0.4 is 10.1 Å². The van der Waals surface area contributed by atoms with E-state index >= 15 is 0 Å². The SMILES string of the molecule is COc1ccc(-c2nc(C(=O)N(C)C3CC4CCC(C3)N4)cs2)cc1.Cl.Cl. The Labute approximate surface area is 176 Å². The van der Waals surface area contributed by atoms with Gasteiger partial charge in [-0.15, -0.1) is 36.2 Å². The monoisotopic (exact) mass is 429 g/mol. The number of hydrogen-bond acceptors (Lipinski definition) is 5. The zero-order valence-corrected chi connectivity index (χ0v) is 17.8. The average Bonchev–Trinajstić information content (AvgIpc) is 3.27. The highest BCUT2D eigenvalue weighted by Crippen LogP contribution is 2.31. The quantitative estimate of drug-likeness (QED) is 0.796. The molecule has 1 N–H and O–H groups in total. The smallest absolute Gasteiger partial charge is 0.273 e. The van der Waals surface area contributed by atoms with Crippen molar-refractivity contribution in [3.8, 4) is 16.3 Å². The molecule has 8 heteroatoms. The first-order chi connectivity index (χ1) is 12.1. The van der Waals surface area contributed by atoms with E-state index in [9.17, 15) is 4.79 Å². The summed E-state index contributed by atoms with van der Waals surface area (Å²) in [5.74, 6) is 0.846. The van der Waals surface area contributed by atoms with Crippen molar-refractivity contribution in [3.63, 3.8) is 0 Å². The third kappa shape index (κ3) is 4.57. The summed E-state index contributed by atoms with van der Waals surface area (Å²) in [6.45, 7) is 0. The van der Waals surface area contributed by atoms with Gasteiger partial charge in [-0.25, -0.2) is 4.98 Å². The van der Waals surface area contributed by atoms with Crippen molar-refractivity contribution < 1.29 is 9.53 Å². The topological polar surface area (TPSA) is 54.5 Å². The van der Waals surface area contributed by atoms with Crippen LogP contribution in [0.1, 0.15) is 36.2 Å². The van der Waals surface area contributed by atoms with Gasteiger partial charge in [0, 0.05) is 36.1 Å². The van der Waals surface area contributed by atoms with Gasteiger partial charge in [0.1, 0.15) is 16.5 Å². The van der Waals surface area contributed by atoms with Crippen LogP contribution in [0.3, 0.4) is 0 Å². The highest BCUT2D eigenvalue weighted by Gasteiger charge is 2.36. The summed E-state index contributed by atoms with van der Waals surface area (Å²) < 4.78 is 5.19. The number of aromatic nitrogens is 1. The second-order valence-corrected chi connectivity index (χ2v) is 7.80. The van der Waals surface area contributed by atoms with Crippen molar-refractivity contribution in [2.75, 3.05) is 14.2 Å². The van der Waals surface area contributed by atoms with E-state index in [0.29, 0.717) is 23.8 Å². The van der Waals surface area contributed by atoms with Crippen LogP contribution in [-0.4, -0.2) is 48.1 Å². The zero-order chi connectivity index (χ0) is 17.4. The molecule has 2 aliphatic rings. The summed E-state index contributed by atoms with van der Waals surface area (Å²) in [4.78, 5) is 19.3. The number of fused-ring (bicyclic) bond motifs is 2. The molecular weight excluding hydrogens is 405 g/mol. The molecule has 5 nitrogen and oxygen atoms in total. The van der Waals surface area contributed by atoms with E-state index in [2.05, 4.69) is 10.3 Å². The van der Waals surface area contributed by atoms with Crippen LogP contribution >= 0.6 is 36.2 Å². The largest absolute Gasteiger partial charge is 0.497 e. The summed E-state index contributed by atoms with van der Waals surface area (Å²) >= 11 is 1.51. The third-order valence-corrected chi connectivity index (χ3v) is 6.27. The van der Waals surface area contributed by atoms with E-state index in [1.807, 2.05) is 41.6 Å². The molecule has 0 spiro atoms. The van der Waals surface area contributed by atoms with Gasteiger partial charge in [0.25, 0.3) is 5.91 Å². The summed E-state index contributed by atoms with van der Waals surface area (Å²) in [6.07, 6.45) is 4.57. The predicted molar refractivity (Wildman–Crippen MR) is 114 cm³/mol. The van der Waals surface area contributed by atoms with Gasteiger partial charge in [-0.3, -0.25) is 4.79 Å². The number of amides is 1. The lowest BCUT2D eigenvalue weighted by Gasteiger charge is -2.35. The number of thiazole rings is 1. The number of rotatable bonds is 4. The minimum absolute atomic E-state index is 0. The summed E-state index contributed by atoms with van der Waals surface area (Å²) in [6, 6.07) is 9.23. The summed E-state index contributed by atoms with van der Waals surface area (Å²) in [7, 11) is 3.57. The molecule has 2 fully saturated rings. The molecule has 2 aromatic rings. The number of nitrogens with one attached hydrogen (secondary N) is 1. The number of halogens is 2. The van der Waals surface area contributed by atoms with Crippen LogP contribution in [0.4, 0.5) is 0 Å². The molecule has 0 radical (unpaired) electrons. The fourth-order valence-electron chi connectivity index (χ4n) is 3.93. The molecule has 1 aromatic heterocycles. The van der Waals surface area contributed by atoms with Gasteiger partial charge in [0.15, 0.2) is 0 Å². The first-order valence-electron chi connectivity index (χ1n) is 8.77. The van der Waals surface area contributed by atoms with Gasteiger partial charge >= 0.3 is 0 Å². The van der Waals surface area contributed by atoms with Gasteiger partial charge in [-0.1, -0.05) is 0 Å². The Morgan fingerprint density at radius 1 is 1.19 bits per heavy atom. The predicted octanol–water partition coefficient (Wildman–Crippen LogP) is 4.02. The first-order valence-corrected chi connectivity index (χ1v) is 9.65. The van der Waals surface area contributed by atoms with Crippen LogP contribution in [0.5, 0.6) is 5.75 Å². The number of nitrogens with zero attached hydrogens (tertiary/aromatic N) is 2. The van der Waals surface area contributed by atoms with Crippen LogP contribution in [-0.2, 0) is 0 Å². The van der Waals surface area contributed by atoms with E-state index in [-0.39, 0.29) is 30.7 Å². The maximum atomic E-state index is 12.9. The lowest BCUT2D eigenvalue weighted by Crippen LogP contribution is -2.48. The van der Waals surface area contributed by atoms with Crippen LogP contribution in [0.15, 0.2) is 29.6 Å². The number of carbonyl (C=O) groups is 1. The highest BCUT2D eigenvalue weighted by molar-refractivity contribution is 7.13. The van der Waals surface area contributed by atoms with Crippen molar-refractivity contribution in [2.24, 2.45) is 0 Å². The Balaban J connectivity index is 0.00000131. The van der Waals surface area contributed by atoms with Crippen molar-refractivity contribution in [1.82, 2.24) is 15.2 Å². The Hall–Kier alpha value is -1.34. The molecule has 2 aliphatic heterocycles. The van der Waals surface area contributed by atoms with E-state index in [4.69, 9.17) is 4.74 Å². The van der Waals surface area contributed by atoms with Crippen molar-refractivity contribution in [2.45, 2.75) is 43.8 Å². The van der Waals surface area contributed by atoms with Gasteiger partial charge in [0.05, 0.1) is 7.11 Å². The molecular formula is C19H25Cl2N3O2S. The minimum atomic E-state index is 0. The molecule has 27 heavy (non-hydrogen) atoms. The Kier molecular flexibility index (Phi) is 7.51. The molecule has 148 valence electrons. The van der Waals surface area contributed by atoms with E-state index in [1.165, 1.54) is 24.2 Å². The average molecular weight is 430 g/mol. The molecule has 4 rings (SSSR count). The molecule has 2 unspecified atom stereocenters. The fourth-order valence-corrected chi connectivity index (χ4v) is 4.73. The lowest BCUT2D eigenvalue weighted by atomic mass is 9.98. The van der Waals surface area contributed by atoms with Crippen LogP contribution in [0.2, 0.25) is 0 Å². The number of methoxy groups -OCH3 is 1. The number of carbonyl (C=O) groups excluding carboxylic acids is 1. The van der Waals surface area contributed by atoms with Gasteiger partial charge < -0.3 is 15.0 Å². The van der Waals surface area contributed by atoms with Crippen molar-refractivity contribution in [1.29, 1.82) is 0 Å².